The fourth-order valence-electron chi connectivity index (χ4n) is 2.80. The normalized spacial score (nSPS) is 12.0. The summed E-state index contributed by atoms with van der Waals surface area (Å²) in [7, 11) is 1.25. The number of rotatable bonds is 15. The Labute approximate surface area is 216 Å². The molecule has 0 amide bonds. The van der Waals surface area contributed by atoms with Crippen molar-refractivity contribution < 1.29 is 52.3 Å². The van der Waals surface area contributed by atoms with Crippen molar-refractivity contribution in [2.24, 2.45) is 0 Å². The zero-order valence-electron chi connectivity index (χ0n) is 22.0. The van der Waals surface area contributed by atoms with Gasteiger partial charge < -0.3 is 38.5 Å². The monoisotopic (exact) mass is 527 g/mol. The van der Waals surface area contributed by atoms with Gasteiger partial charge in [0.2, 0.25) is 0 Å². The predicted molar refractivity (Wildman–Crippen MR) is 131 cm³/mol. The van der Waals surface area contributed by atoms with Gasteiger partial charge in [0.1, 0.15) is 12.1 Å². The highest BCUT2D eigenvalue weighted by atomic mass is 16.7. The standard InChI is InChI=1S/C25H37NO11/c1-6-11-32-23(28)35-17(4)16-26-19(22(27)31-5)14-18-9-10-20(36-24(29)33-12-7-2)21(15-18)37-25(30)34-13-8-3/h9-10,15,17,19,26H,6-8,11-14,16H2,1-5H3/t17?,19-/m0/s1. The van der Waals surface area contributed by atoms with E-state index in [1.165, 1.54) is 19.2 Å². The van der Waals surface area contributed by atoms with Crippen molar-refractivity contribution in [3.05, 3.63) is 23.8 Å². The van der Waals surface area contributed by atoms with E-state index in [0.29, 0.717) is 24.8 Å². The van der Waals surface area contributed by atoms with Crippen LogP contribution in [0.4, 0.5) is 14.4 Å². The maximum absolute atomic E-state index is 12.4. The van der Waals surface area contributed by atoms with Gasteiger partial charge in [0.25, 0.3) is 0 Å². The number of ether oxygens (including phenoxy) is 7. The molecule has 0 aliphatic rings. The quantitative estimate of drug-likeness (QED) is 0.198. The first-order valence-electron chi connectivity index (χ1n) is 12.2. The smallest absolute Gasteiger partial charge is 0.468 e. The molecule has 208 valence electrons. The molecule has 12 heteroatoms. The summed E-state index contributed by atoms with van der Waals surface area (Å²) >= 11 is 0. The van der Waals surface area contributed by atoms with Crippen LogP contribution in [0.2, 0.25) is 0 Å². The number of methoxy groups -OCH3 is 1. The Bertz CT molecular complexity index is 874. The van der Waals surface area contributed by atoms with Gasteiger partial charge in [-0.05, 0) is 50.3 Å². The fraction of sp³-hybridized carbons (Fsp3) is 0.600. The molecule has 0 fully saturated rings. The Morgan fingerprint density at radius 1 is 0.811 bits per heavy atom. The second-order valence-corrected chi connectivity index (χ2v) is 7.90. The molecule has 0 saturated carbocycles. The van der Waals surface area contributed by atoms with Crippen molar-refractivity contribution in [1.82, 2.24) is 5.32 Å². The Balaban J connectivity index is 2.99. The van der Waals surface area contributed by atoms with E-state index in [2.05, 4.69) is 5.32 Å². The van der Waals surface area contributed by atoms with E-state index in [9.17, 15) is 19.2 Å². The third kappa shape index (κ3) is 12.8. The van der Waals surface area contributed by atoms with Gasteiger partial charge in [0, 0.05) is 6.54 Å². The lowest BCUT2D eigenvalue weighted by Crippen LogP contribution is -2.43. The Morgan fingerprint density at radius 3 is 1.89 bits per heavy atom. The number of hydrogen-bond acceptors (Lipinski definition) is 12. The van der Waals surface area contributed by atoms with E-state index in [1.54, 1.807) is 13.0 Å². The minimum Gasteiger partial charge on any atom is -0.468 e. The molecule has 1 unspecified atom stereocenters. The summed E-state index contributed by atoms with van der Waals surface area (Å²) in [5, 5.41) is 2.99. The molecule has 0 radical (unpaired) electrons. The molecule has 2 atom stereocenters. The van der Waals surface area contributed by atoms with E-state index in [4.69, 9.17) is 33.2 Å². The summed E-state index contributed by atoms with van der Waals surface area (Å²) in [4.78, 5) is 48.0. The van der Waals surface area contributed by atoms with Crippen molar-refractivity contribution in [3.8, 4) is 11.5 Å². The van der Waals surface area contributed by atoms with Crippen molar-refractivity contribution >= 4 is 24.4 Å². The summed E-state index contributed by atoms with van der Waals surface area (Å²) in [6, 6.07) is 3.61. The predicted octanol–water partition coefficient (Wildman–Crippen LogP) is 4.16. The molecular weight excluding hydrogens is 490 g/mol. The van der Waals surface area contributed by atoms with Crippen LogP contribution in [0.1, 0.15) is 52.5 Å². The Morgan fingerprint density at radius 2 is 1.35 bits per heavy atom. The van der Waals surface area contributed by atoms with Gasteiger partial charge in [-0.1, -0.05) is 26.8 Å². The van der Waals surface area contributed by atoms with Gasteiger partial charge in [-0.3, -0.25) is 4.79 Å². The topological polar surface area (TPSA) is 145 Å². The lowest BCUT2D eigenvalue weighted by molar-refractivity contribution is -0.143. The molecule has 1 aromatic rings. The maximum Gasteiger partial charge on any atom is 0.513 e. The molecular formula is C25H37NO11. The largest absolute Gasteiger partial charge is 0.513 e. The highest BCUT2D eigenvalue weighted by Crippen LogP contribution is 2.30. The van der Waals surface area contributed by atoms with Crippen LogP contribution in [-0.4, -0.2) is 70.1 Å². The van der Waals surface area contributed by atoms with Gasteiger partial charge in [-0.2, -0.15) is 0 Å². The lowest BCUT2D eigenvalue weighted by atomic mass is 10.0. The third-order valence-corrected chi connectivity index (χ3v) is 4.54. The van der Waals surface area contributed by atoms with Crippen LogP contribution >= 0.6 is 0 Å². The van der Waals surface area contributed by atoms with E-state index in [-0.39, 0.29) is 44.3 Å². The lowest BCUT2D eigenvalue weighted by Gasteiger charge is -2.20. The van der Waals surface area contributed by atoms with Crippen LogP contribution in [0, 0.1) is 0 Å². The van der Waals surface area contributed by atoms with Gasteiger partial charge in [0.05, 0.1) is 26.9 Å². The zero-order chi connectivity index (χ0) is 27.6. The Hall–Kier alpha value is -3.54. The first kappa shape index (κ1) is 31.5. The van der Waals surface area contributed by atoms with Gasteiger partial charge >= 0.3 is 24.4 Å². The highest BCUT2D eigenvalue weighted by Gasteiger charge is 2.23. The Kier molecular flexibility index (Phi) is 15.2. The average molecular weight is 528 g/mol. The molecule has 0 aliphatic heterocycles. The van der Waals surface area contributed by atoms with Crippen LogP contribution in [0.5, 0.6) is 11.5 Å². The number of benzene rings is 1. The minimum absolute atomic E-state index is 0.0616. The van der Waals surface area contributed by atoms with Gasteiger partial charge in [-0.15, -0.1) is 0 Å². The van der Waals surface area contributed by atoms with Crippen LogP contribution in [0.3, 0.4) is 0 Å². The first-order chi connectivity index (χ1) is 17.7. The van der Waals surface area contributed by atoms with Crippen molar-refractivity contribution in [2.45, 2.75) is 65.5 Å². The molecule has 1 N–H and O–H groups in total. The number of esters is 1. The number of hydrogen-bond donors (Lipinski definition) is 1. The van der Waals surface area contributed by atoms with E-state index in [1.807, 2.05) is 20.8 Å². The van der Waals surface area contributed by atoms with Gasteiger partial charge in [0.15, 0.2) is 11.5 Å². The summed E-state index contributed by atoms with van der Waals surface area (Å²) in [5.41, 5.74) is 0.548. The molecule has 0 aliphatic carbocycles. The molecule has 0 aromatic heterocycles. The molecule has 12 nitrogen and oxygen atoms in total. The highest BCUT2D eigenvalue weighted by molar-refractivity contribution is 5.76. The summed E-state index contributed by atoms with van der Waals surface area (Å²) in [5.74, 6) is -0.714. The molecule has 0 bridgehead atoms. The van der Waals surface area contributed by atoms with Crippen LogP contribution < -0.4 is 14.8 Å². The number of carbonyl (C=O) groups excluding carboxylic acids is 4. The third-order valence-electron chi connectivity index (χ3n) is 4.54. The van der Waals surface area contributed by atoms with E-state index >= 15 is 0 Å². The van der Waals surface area contributed by atoms with E-state index < -0.39 is 36.6 Å². The van der Waals surface area contributed by atoms with Crippen molar-refractivity contribution in [3.63, 3.8) is 0 Å². The second kappa shape index (κ2) is 17.8. The van der Waals surface area contributed by atoms with E-state index in [0.717, 1.165) is 0 Å². The van der Waals surface area contributed by atoms with Crippen LogP contribution in [0.15, 0.2) is 18.2 Å². The number of nitrogens with one attached hydrogen (secondary N) is 1. The van der Waals surface area contributed by atoms with Crippen LogP contribution in [0.25, 0.3) is 0 Å². The molecule has 0 saturated heterocycles. The molecule has 1 rings (SSSR count). The van der Waals surface area contributed by atoms with Crippen LogP contribution in [-0.2, 0) is 34.9 Å². The molecule has 1 aromatic carbocycles. The van der Waals surface area contributed by atoms with Gasteiger partial charge in [-0.25, -0.2) is 14.4 Å². The number of carbonyl (C=O) groups is 4. The summed E-state index contributed by atoms with van der Waals surface area (Å²) < 4.78 is 35.2. The van der Waals surface area contributed by atoms with Crippen molar-refractivity contribution in [1.29, 1.82) is 0 Å². The maximum atomic E-state index is 12.4. The summed E-state index contributed by atoms with van der Waals surface area (Å²) in [6.07, 6.45) is -1.35. The first-order valence-corrected chi connectivity index (χ1v) is 12.2. The van der Waals surface area contributed by atoms with Crippen molar-refractivity contribution in [2.75, 3.05) is 33.5 Å². The second-order valence-electron chi connectivity index (χ2n) is 7.90. The molecule has 37 heavy (non-hydrogen) atoms. The minimum atomic E-state index is -0.977. The SMILES string of the molecule is CCCOC(=O)Oc1ccc(C[C@H](NCC(C)OC(=O)OCCC)C(=O)OC)cc1OC(=O)OCCC. The fourth-order valence-corrected chi connectivity index (χ4v) is 2.80. The zero-order valence-corrected chi connectivity index (χ0v) is 22.0. The molecule has 0 heterocycles. The average Bonchev–Trinajstić information content (AvgIpc) is 2.88. The summed E-state index contributed by atoms with van der Waals surface area (Å²) in [6.45, 7) is 7.86. The molecule has 0 spiro atoms.